The summed E-state index contributed by atoms with van der Waals surface area (Å²) in [7, 11) is -1.89. The van der Waals surface area contributed by atoms with Crippen LogP contribution in [0.25, 0.3) is 0 Å². The van der Waals surface area contributed by atoms with Crippen molar-refractivity contribution in [3.63, 3.8) is 0 Å². The number of carbonyl (C=O) groups is 1. The summed E-state index contributed by atoms with van der Waals surface area (Å²) in [6.45, 7) is 10.8. The molecule has 15 heavy (non-hydrogen) atoms. The standard InChI is InChI=1S/C13H21OP/c1-13(2,3)15(4,5)12(14)11-9-7-6-8-10-11/h6-10,15H,1-5H3. The molecule has 0 spiro atoms. The first kappa shape index (κ1) is 12.4. The average molecular weight is 224 g/mol. The van der Waals surface area contributed by atoms with Gasteiger partial charge in [-0.05, 0) is 0 Å². The van der Waals surface area contributed by atoms with Crippen LogP contribution in [-0.4, -0.2) is 24.0 Å². The molecule has 1 rings (SSSR count). The second-order valence-electron chi connectivity index (χ2n) is 5.57. The molecule has 0 heterocycles. The number of carbonyl (C=O) groups excluding carboxylic acids is 1. The van der Waals surface area contributed by atoms with E-state index in [-0.39, 0.29) is 5.16 Å². The van der Waals surface area contributed by atoms with Crippen molar-refractivity contribution < 1.29 is 4.79 Å². The quantitative estimate of drug-likeness (QED) is 0.701. The van der Waals surface area contributed by atoms with E-state index in [0.717, 1.165) is 5.56 Å². The molecular weight excluding hydrogens is 203 g/mol. The molecule has 0 aromatic heterocycles. The Balaban J connectivity index is 3.06. The van der Waals surface area contributed by atoms with Crippen molar-refractivity contribution in [3.8, 4) is 0 Å². The minimum atomic E-state index is -1.89. The topological polar surface area (TPSA) is 17.1 Å². The van der Waals surface area contributed by atoms with Crippen molar-refractivity contribution in [2.24, 2.45) is 0 Å². The van der Waals surface area contributed by atoms with Gasteiger partial charge in [-0.1, -0.05) is 0 Å². The Kier molecular flexibility index (Phi) is 3.35. The molecule has 1 aromatic carbocycles. The molecule has 0 aliphatic carbocycles. The third-order valence-corrected chi connectivity index (χ3v) is 8.65. The van der Waals surface area contributed by atoms with Crippen LogP contribution in [-0.2, 0) is 0 Å². The predicted molar refractivity (Wildman–Crippen MR) is 70.7 cm³/mol. The van der Waals surface area contributed by atoms with Crippen LogP contribution in [0.4, 0.5) is 0 Å². The molecule has 0 aliphatic heterocycles. The summed E-state index contributed by atoms with van der Waals surface area (Å²) in [6, 6.07) is 9.65. The Hall–Kier alpha value is -0.680. The molecule has 0 radical (unpaired) electrons. The number of benzene rings is 1. The Labute approximate surface area is 93.2 Å². The minimum absolute atomic E-state index is 0.111. The van der Waals surface area contributed by atoms with Crippen LogP contribution in [0.15, 0.2) is 30.3 Å². The van der Waals surface area contributed by atoms with Crippen LogP contribution < -0.4 is 0 Å². The Morgan fingerprint density at radius 1 is 1.07 bits per heavy atom. The maximum atomic E-state index is 12.4. The van der Waals surface area contributed by atoms with Crippen LogP contribution in [0.2, 0.25) is 0 Å². The molecule has 84 valence electrons. The molecule has 1 aromatic rings. The monoisotopic (exact) mass is 224 g/mol. The molecule has 0 saturated heterocycles. The van der Waals surface area contributed by atoms with Crippen molar-refractivity contribution >= 4 is 12.8 Å². The van der Waals surface area contributed by atoms with Gasteiger partial charge in [0.25, 0.3) is 0 Å². The van der Waals surface area contributed by atoms with E-state index in [4.69, 9.17) is 0 Å². The molecule has 0 saturated carbocycles. The normalized spacial score (nSPS) is 13.7. The van der Waals surface area contributed by atoms with E-state index in [1.807, 2.05) is 30.3 Å². The molecule has 0 aliphatic rings. The number of rotatable bonds is 2. The Bertz CT molecular complexity index is 347. The van der Waals surface area contributed by atoms with Gasteiger partial charge >= 0.3 is 92.7 Å². The van der Waals surface area contributed by atoms with Gasteiger partial charge in [0.2, 0.25) is 0 Å². The van der Waals surface area contributed by atoms with Gasteiger partial charge in [-0.25, -0.2) is 0 Å². The zero-order chi connectivity index (χ0) is 11.7. The summed E-state index contributed by atoms with van der Waals surface area (Å²) in [5.74, 6) is 0. The summed E-state index contributed by atoms with van der Waals surface area (Å²) >= 11 is 0. The molecule has 0 N–H and O–H groups in total. The van der Waals surface area contributed by atoms with Crippen LogP contribution >= 0.6 is 7.26 Å². The third-order valence-electron chi connectivity index (χ3n) is 3.48. The zero-order valence-corrected chi connectivity index (χ0v) is 11.3. The molecule has 1 nitrogen and oxygen atoms in total. The Morgan fingerprint density at radius 2 is 1.53 bits per heavy atom. The molecule has 0 bridgehead atoms. The predicted octanol–water partition coefficient (Wildman–Crippen LogP) is 3.63. The summed E-state index contributed by atoms with van der Waals surface area (Å²) in [4.78, 5) is 12.4. The van der Waals surface area contributed by atoms with E-state index >= 15 is 0 Å². The maximum absolute atomic E-state index is 12.4. The average Bonchev–Trinajstić information content (AvgIpc) is 2.16. The fraction of sp³-hybridized carbons (Fsp3) is 0.462. The van der Waals surface area contributed by atoms with Crippen molar-refractivity contribution in [2.75, 3.05) is 13.3 Å². The van der Waals surface area contributed by atoms with Gasteiger partial charge in [0.1, 0.15) is 0 Å². The molecule has 0 fully saturated rings. The van der Waals surface area contributed by atoms with Gasteiger partial charge in [0.05, 0.1) is 0 Å². The van der Waals surface area contributed by atoms with E-state index in [2.05, 4.69) is 34.1 Å². The second-order valence-corrected chi connectivity index (χ2v) is 10.8. The molecule has 0 atom stereocenters. The van der Waals surface area contributed by atoms with Gasteiger partial charge in [0.15, 0.2) is 0 Å². The number of hydrogen-bond donors (Lipinski definition) is 0. The van der Waals surface area contributed by atoms with Crippen molar-refractivity contribution in [1.82, 2.24) is 0 Å². The summed E-state index contributed by atoms with van der Waals surface area (Å²) < 4.78 is 0. The van der Waals surface area contributed by atoms with Crippen molar-refractivity contribution in [2.45, 2.75) is 25.9 Å². The first-order chi connectivity index (χ1) is 6.77. The van der Waals surface area contributed by atoms with Crippen LogP contribution in [0.1, 0.15) is 31.1 Å². The summed E-state index contributed by atoms with van der Waals surface area (Å²) in [5, 5.41) is 0.111. The summed E-state index contributed by atoms with van der Waals surface area (Å²) in [5.41, 5.74) is 1.22. The van der Waals surface area contributed by atoms with Gasteiger partial charge < -0.3 is 0 Å². The van der Waals surface area contributed by atoms with E-state index in [1.54, 1.807) is 0 Å². The Morgan fingerprint density at radius 3 is 1.93 bits per heavy atom. The molecular formula is C13H21OP. The second kappa shape index (κ2) is 4.06. The SMILES string of the molecule is CC(C)(C)[PH](C)(C)C(=O)c1ccccc1. The molecule has 0 amide bonds. The van der Waals surface area contributed by atoms with E-state index in [0.29, 0.717) is 5.52 Å². The molecule has 2 heteroatoms. The van der Waals surface area contributed by atoms with Gasteiger partial charge in [-0.3, -0.25) is 0 Å². The van der Waals surface area contributed by atoms with Gasteiger partial charge in [-0.15, -0.1) is 0 Å². The van der Waals surface area contributed by atoms with Gasteiger partial charge in [0, 0.05) is 0 Å². The fourth-order valence-corrected chi connectivity index (χ4v) is 2.86. The van der Waals surface area contributed by atoms with E-state index in [9.17, 15) is 4.79 Å². The van der Waals surface area contributed by atoms with E-state index < -0.39 is 7.26 Å². The summed E-state index contributed by atoms with van der Waals surface area (Å²) in [6.07, 6.45) is 0. The first-order valence-electron chi connectivity index (χ1n) is 5.36. The van der Waals surface area contributed by atoms with Crippen LogP contribution in [0, 0.1) is 0 Å². The third kappa shape index (κ3) is 2.46. The van der Waals surface area contributed by atoms with Crippen molar-refractivity contribution in [3.05, 3.63) is 35.9 Å². The molecule has 0 unspecified atom stereocenters. The van der Waals surface area contributed by atoms with Crippen LogP contribution in [0.3, 0.4) is 0 Å². The van der Waals surface area contributed by atoms with Gasteiger partial charge in [-0.2, -0.15) is 0 Å². The van der Waals surface area contributed by atoms with Crippen LogP contribution in [0.5, 0.6) is 0 Å². The van der Waals surface area contributed by atoms with Crippen molar-refractivity contribution in [1.29, 1.82) is 0 Å². The first-order valence-corrected chi connectivity index (χ1v) is 8.36. The number of hydrogen-bond acceptors (Lipinski definition) is 1. The fourth-order valence-electron chi connectivity index (χ4n) is 1.29. The van der Waals surface area contributed by atoms with E-state index in [1.165, 1.54) is 0 Å². The zero-order valence-electron chi connectivity index (χ0n) is 10.3.